The number of hydrogen-bond acceptors (Lipinski definition) is 3. The van der Waals surface area contributed by atoms with Gasteiger partial charge in [-0.05, 0) is 53.1 Å². The zero-order valence-corrected chi connectivity index (χ0v) is 15.4. The zero-order valence-electron chi connectivity index (χ0n) is 14.6. The summed E-state index contributed by atoms with van der Waals surface area (Å²) in [5.41, 5.74) is 7.42. The summed E-state index contributed by atoms with van der Waals surface area (Å²) < 4.78 is 4.56. The number of fused-ring (bicyclic) bond motifs is 2. The van der Waals surface area contributed by atoms with Gasteiger partial charge in [0, 0.05) is 12.1 Å². The van der Waals surface area contributed by atoms with E-state index in [4.69, 9.17) is 5.73 Å². The van der Waals surface area contributed by atoms with Crippen LogP contribution < -0.4 is 5.73 Å². The fraction of sp³-hybridized carbons (Fsp3) is 0.190. The Labute approximate surface area is 154 Å². The Morgan fingerprint density at radius 2 is 1.64 bits per heavy atom. The number of esters is 1. The summed E-state index contributed by atoms with van der Waals surface area (Å²) in [6, 6.07) is 19.2. The summed E-state index contributed by atoms with van der Waals surface area (Å²) in [7, 11) is 0. The third kappa shape index (κ3) is 5.31. The predicted molar refractivity (Wildman–Crippen MR) is 108 cm³/mol. The Hall–Kier alpha value is -2.36. The van der Waals surface area contributed by atoms with E-state index in [1.54, 1.807) is 13.8 Å². The maximum atomic E-state index is 10.4. The Kier molecular flexibility index (Phi) is 8.12. The summed E-state index contributed by atoms with van der Waals surface area (Å²) in [6.45, 7) is 7.80. The molecule has 0 aliphatic rings. The van der Waals surface area contributed by atoms with Gasteiger partial charge < -0.3 is 10.5 Å². The van der Waals surface area contributed by atoms with Gasteiger partial charge in [0.15, 0.2) is 0 Å². The van der Waals surface area contributed by atoms with E-state index in [-0.39, 0.29) is 18.4 Å². The van der Waals surface area contributed by atoms with Crippen LogP contribution in [0.2, 0.25) is 0 Å². The Balaban J connectivity index is 0.000000301. The number of ether oxygens (including phenoxy) is 1. The van der Waals surface area contributed by atoms with Gasteiger partial charge in [-0.1, -0.05) is 49.0 Å². The van der Waals surface area contributed by atoms with Crippen molar-refractivity contribution in [3.63, 3.8) is 0 Å². The molecular formula is C21H24ClNO2. The molecule has 0 amide bonds. The first-order valence-electron chi connectivity index (χ1n) is 8.00. The average Bonchev–Trinajstić information content (AvgIpc) is 2.60. The van der Waals surface area contributed by atoms with Gasteiger partial charge in [0.1, 0.15) is 0 Å². The number of hydrogen-bond donors (Lipinski definition) is 1. The molecule has 3 aromatic rings. The highest BCUT2D eigenvalue weighted by atomic mass is 35.5. The van der Waals surface area contributed by atoms with Crippen molar-refractivity contribution in [3.8, 4) is 0 Å². The van der Waals surface area contributed by atoms with E-state index in [2.05, 4.69) is 65.9 Å². The van der Waals surface area contributed by atoms with E-state index >= 15 is 0 Å². The lowest BCUT2D eigenvalue weighted by atomic mass is 10.00. The molecule has 4 heteroatoms. The molecule has 0 radical (unpaired) electrons. The lowest BCUT2D eigenvalue weighted by molar-refractivity contribution is -0.138. The van der Waals surface area contributed by atoms with Gasteiger partial charge in [0.05, 0.1) is 6.61 Å². The SMILES string of the molecule is C=C(C)C(=O)OCC.Cl.NCc1cccc2cc3ccccc3cc12. The van der Waals surface area contributed by atoms with Crippen LogP contribution in [-0.2, 0) is 16.1 Å². The van der Waals surface area contributed by atoms with Gasteiger partial charge >= 0.3 is 5.97 Å². The van der Waals surface area contributed by atoms with Crippen LogP contribution in [0.15, 0.2) is 66.7 Å². The van der Waals surface area contributed by atoms with Crippen molar-refractivity contribution in [2.24, 2.45) is 5.73 Å². The van der Waals surface area contributed by atoms with Gasteiger partial charge in [-0.3, -0.25) is 0 Å². The molecule has 0 aliphatic heterocycles. The molecule has 0 aliphatic carbocycles. The van der Waals surface area contributed by atoms with Crippen LogP contribution in [0.3, 0.4) is 0 Å². The fourth-order valence-corrected chi connectivity index (χ4v) is 2.46. The lowest BCUT2D eigenvalue weighted by Crippen LogP contribution is -2.03. The minimum absolute atomic E-state index is 0. The molecule has 0 atom stereocenters. The van der Waals surface area contributed by atoms with Gasteiger partial charge in [-0.15, -0.1) is 12.4 Å². The summed E-state index contributed by atoms with van der Waals surface area (Å²) in [6.07, 6.45) is 0. The number of carbonyl (C=O) groups is 1. The maximum Gasteiger partial charge on any atom is 0.333 e. The molecule has 3 aromatic carbocycles. The first-order chi connectivity index (χ1) is 11.6. The molecular weight excluding hydrogens is 334 g/mol. The molecule has 0 saturated heterocycles. The molecule has 0 spiro atoms. The molecule has 3 rings (SSSR count). The van der Waals surface area contributed by atoms with Crippen molar-refractivity contribution in [1.29, 1.82) is 0 Å². The van der Waals surface area contributed by atoms with E-state index in [1.165, 1.54) is 27.1 Å². The smallest absolute Gasteiger partial charge is 0.333 e. The van der Waals surface area contributed by atoms with Crippen LogP contribution in [0.1, 0.15) is 19.4 Å². The fourth-order valence-electron chi connectivity index (χ4n) is 2.46. The third-order valence-electron chi connectivity index (χ3n) is 3.68. The molecule has 25 heavy (non-hydrogen) atoms. The normalized spacial score (nSPS) is 9.72. The number of halogens is 1. The van der Waals surface area contributed by atoms with Gasteiger partial charge in [0.25, 0.3) is 0 Å². The number of nitrogens with two attached hydrogens (primary N) is 1. The highest BCUT2D eigenvalue weighted by molar-refractivity contribution is 5.99. The molecule has 0 saturated carbocycles. The first kappa shape index (κ1) is 20.7. The molecule has 132 valence electrons. The van der Waals surface area contributed by atoms with E-state index < -0.39 is 0 Å². The number of benzene rings is 3. The van der Waals surface area contributed by atoms with E-state index in [0.29, 0.717) is 18.7 Å². The van der Waals surface area contributed by atoms with Crippen LogP contribution in [0, 0.1) is 0 Å². The van der Waals surface area contributed by atoms with Gasteiger partial charge in [-0.2, -0.15) is 0 Å². The van der Waals surface area contributed by atoms with E-state index in [1.807, 2.05) is 0 Å². The van der Waals surface area contributed by atoms with E-state index in [9.17, 15) is 4.79 Å². The minimum atomic E-state index is -0.312. The Morgan fingerprint density at radius 1 is 1.04 bits per heavy atom. The lowest BCUT2D eigenvalue weighted by Gasteiger charge is -2.06. The second kappa shape index (κ2) is 9.82. The van der Waals surface area contributed by atoms with Crippen LogP contribution in [0.4, 0.5) is 0 Å². The van der Waals surface area contributed by atoms with Gasteiger partial charge in [0.2, 0.25) is 0 Å². The Bertz CT molecular complexity index is 874. The molecule has 0 bridgehead atoms. The van der Waals surface area contributed by atoms with Crippen LogP contribution in [0.5, 0.6) is 0 Å². The topological polar surface area (TPSA) is 52.3 Å². The summed E-state index contributed by atoms with van der Waals surface area (Å²) >= 11 is 0. The molecule has 2 N–H and O–H groups in total. The Morgan fingerprint density at radius 3 is 2.16 bits per heavy atom. The quantitative estimate of drug-likeness (QED) is 0.407. The summed E-state index contributed by atoms with van der Waals surface area (Å²) in [5, 5.41) is 5.09. The van der Waals surface area contributed by atoms with Crippen molar-refractivity contribution in [3.05, 3.63) is 72.3 Å². The molecule has 3 nitrogen and oxygen atoms in total. The van der Waals surface area contributed by atoms with Crippen molar-refractivity contribution in [2.75, 3.05) is 6.61 Å². The van der Waals surface area contributed by atoms with Crippen LogP contribution in [0.25, 0.3) is 21.5 Å². The van der Waals surface area contributed by atoms with Crippen molar-refractivity contribution < 1.29 is 9.53 Å². The summed E-state index contributed by atoms with van der Waals surface area (Å²) in [4.78, 5) is 10.4. The minimum Gasteiger partial charge on any atom is -0.463 e. The number of rotatable bonds is 3. The monoisotopic (exact) mass is 357 g/mol. The average molecular weight is 358 g/mol. The van der Waals surface area contributed by atoms with Crippen molar-refractivity contribution in [1.82, 2.24) is 0 Å². The molecule has 0 aromatic heterocycles. The number of carbonyl (C=O) groups excluding carboxylic acids is 1. The van der Waals surface area contributed by atoms with Crippen LogP contribution in [-0.4, -0.2) is 12.6 Å². The van der Waals surface area contributed by atoms with Crippen molar-refractivity contribution >= 4 is 39.9 Å². The molecule has 0 fully saturated rings. The standard InChI is InChI=1S/C15H13N.C6H10O2.ClH/c16-10-14-7-3-6-13-8-11-4-1-2-5-12(11)9-15(13)14;1-4-8-6(7)5(2)3;/h1-9H,10,16H2;2,4H2,1,3H3;1H. The van der Waals surface area contributed by atoms with Gasteiger partial charge in [-0.25, -0.2) is 4.79 Å². The largest absolute Gasteiger partial charge is 0.463 e. The molecule has 0 unspecified atom stereocenters. The highest BCUT2D eigenvalue weighted by Gasteiger charge is 2.01. The van der Waals surface area contributed by atoms with Crippen LogP contribution >= 0.6 is 12.4 Å². The third-order valence-corrected chi connectivity index (χ3v) is 3.68. The second-order valence-electron chi connectivity index (χ2n) is 5.54. The zero-order chi connectivity index (χ0) is 17.5. The summed E-state index contributed by atoms with van der Waals surface area (Å²) in [5.74, 6) is -0.312. The molecule has 0 heterocycles. The predicted octanol–water partition coefficient (Wildman–Crippen LogP) is 5.00. The maximum absolute atomic E-state index is 10.4. The first-order valence-corrected chi connectivity index (χ1v) is 8.00. The highest BCUT2D eigenvalue weighted by Crippen LogP contribution is 2.25. The second-order valence-corrected chi connectivity index (χ2v) is 5.54. The van der Waals surface area contributed by atoms with E-state index in [0.717, 1.165) is 0 Å². The van der Waals surface area contributed by atoms with Crippen molar-refractivity contribution in [2.45, 2.75) is 20.4 Å².